The molecule has 0 radical (unpaired) electrons. The van der Waals surface area contributed by atoms with E-state index < -0.39 is 0 Å². The highest BCUT2D eigenvalue weighted by atomic mass is 35.5. The fourth-order valence-electron chi connectivity index (χ4n) is 3.43. The molecule has 13 heteroatoms. The van der Waals surface area contributed by atoms with Crippen molar-refractivity contribution in [1.82, 2.24) is 25.3 Å². The third-order valence-corrected chi connectivity index (χ3v) is 6.03. The van der Waals surface area contributed by atoms with Crippen LogP contribution >= 0.6 is 48.4 Å². The Balaban J connectivity index is 0.00000181. The number of ether oxygens (including phenoxy) is 1. The lowest BCUT2D eigenvalue weighted by Gasteiger charge is -2.14. The maximum atomic E-state index is 12.0. The highest BCUT2D eigenvalue weighted by Gasteiger charge is 2.28. The number of amidine groups is 1. The van der Waals surface area contributed by atoms with Crippen molar-refractivity contribution in [1.29, 1.82) is 0 Å². The number of amides is 1. The van der Waals surface area contributed by atoms with Crippen LogP contribution in [0.3, 0.4) is 0 Å². The molecule has 1 amide bonds. The standard InChI is InChI=1S/C19H20ClN7O2S.2ClH/c1-9-6-23-13(16(20)18(9)29-3)7-27-24-12-4-10(5-14(28)22-2)11-8-30-26-19(21)17(25-27)15(11)12;;/h4,6H,5,7-8H2,1-3H3,(H2,21,26)(H,22,28);2*1H. The summed E-state index contributed by atoms with van der Waals surface area (Å²) in [5.74, 6) is 1.41. The van der Waals surface area contributed by atoms with Gasteiger partial charge in [0, 0.05) is 30.1 Å². The average Bonchev–Trinajstić information content (AvgIpc) is 2.96. The van der Waals surface area contributed by atoms with Gasteiger partial charge in [0.25, 0.3) is 0 Å². The topological polar surface area (TPSA) is 120 Å². The zero-order valence-corrected chi connectivity index (χ0v) is 20.7. The van der Waals surface area contributed by atoms with Gasteiger partial charge in [-0.15, -0.1) is 24.8 Å². The summed E-state index contributed by atoms with van der Waals surface area (Å²) in [5, 5.41) is 12.3. The molecular formula is C19H22Cl3N7O2S. The zero-order valence-electron chi connectivity index (χ0n) is 17.5. The molecule has 2 aliphatic heterocycles. The van der Waals surface area contributed by atoms with E-state index in [1.54, 1.807) is 20.4 Å². The lowest BCUT2D eigenvalue weighted by molar-refractivity contribution is -0.119. The number of nitrogens with zero attached hydrogens (tertiary/aromatic N) is 5. The Bertz CT molecular complexity index is 1150. The largest absolute Gasteiger partial charge is 0.495 e. The first kappa shape index (κ1) is 26.0. The number of methoxy groups -OCH3 is 1. The Morgan fingerprint density at radius 2 is 2.12 bits per heavy atom. The molecule has 0 fully saturated rings. The first-order valence-electron chi connectivity index (χ1n) is 9.16. The van der Waals surface area contributed by atoms with Crippen LogP contribution in [0.2, 0.25) is 5.02 Å². The molecule has 172 valence electrons. The summed E-state index contributed by atoms with van der Waals surface area (Å²) >= 11 is 7.80. The lowest BCUT2D eigenvalue weighted by atomic mass is 10.1. The number of carbonyl (C=O) groups excluding carboxylic acids is 1. The van der Waals surface area contributed by atoms with Gasteiger partial charge in [-0.2, -0.15) is 19.4 Å². The molecule has 0 saturated heterocycles. The van der Waals surface area contributed by atoms with Crippen molar-refractivity contribution >= 4 is 60.1 Å². The van der Waals surface area contributed by atoms with Crippen LogP contribution in [-0.4, -0.2) is 45.9 Å². The number of pyridine rings is 1. The van der Waals surface area contributed by atoms with Gasteiger partial charge < -0.3 is 15.8 Å². The van der Waals surface area contributed by atoms with Crippen molar-refractivity contribution in [3.63, 3.8) is 0 Å². The minimum absolute atomic E-state index is 0. The molecule has 1 aromatic rings. The number of carbonyl (C=O) groups is 1. The number of hydrogen-bond donors (Lipinski definition) is 2. The van der Waals surface area contributed by atoms with Crippen molar-refractivity contribution in [2.75, 3.05) is 14.2 Å². The predicted molar refractivity (Wildman–Crippen MR) is 131 cm³/mol. The van der Waals surface area contributed by atoms with Crippen LogP contribution in [0.4, 0.5) is 0 Å². The molecule has 1 aromatic heterocycles. The van der Waals surface area contributed by atoms with E-state index in [2.05, 4.69) is 24.9 Å². The summed E-state index contributed by atoms with van der Waals surface area (Å²) in [4.78, 5) is 17.9. The molecule has 1 aliphatic carbocycles. The normalized spacial score (nSPS) is 12.3. The third kappa shape index (κ3) is 4.73. The van der Waals surface area contributed by atoms with E-state index in [0.29, 0.717) is 39.4 Å². The highest BCUT2D eigenvalue weighted by Crippen LogP contribution is 2.38. The highest BCUT2D eigenvalue weighted by molar-refractivity contribution is 7.97. The molecule has 3 N–H and O–H groups in total. The Labute approximate surface area is 206 Å². The quantitative estimate of drug-likeness (QED) is 0.498. The molecule has 0 aromatic carbocycles. The second-order valence-electron chi connectivity index (χ2n) is 6.82. The van der Waals surface area contributed by atoms with Crippen molar-refractivity contribution in [2.45, 2.75) is 25.6 Å². The Hall–Kier alpha value is -2.27. The maximum Gasteiger partial charge on any atom is 0.224 e. The van der Waals surface area contributed by atoms with Gasteiger partial charge in [0.1, 0.15) is 23.0 Å². The minimum Gasteiger partial charge on any atom is -0.495 e. The summed E-state index contributed by atoms with van der Waals surface area (Å²) in [6, 6.07) is 1.91. The van der Waals surface area contributed by atoms with Gasteiger partial charge in [0.05, 0.1) is 24.9 Å². The molecule has 3 aliphatic rings. The Morgan fingerprint density at radius 3 is 2.81 bits per heavy atom. The Kier molecular flexibility index (Phi) is 8.58. The molecule has 9 nitrogen and oxygen atoms in total. The predicted octanol–water partition coefficient (Wildman–Crippen LogP) is 2.80. The number of aromatic nitrogens is 4. The fourth-order valence-corrected chi connectivity index (χ4v) is 4.51. The molecule has 0 spiro atoms. The summed E-state index contributed by atoms with van der Waals surface area (Å²) < 4.78 is 9.70. The van der Waals surface area contributed by atoms with E-state index in [1.165, 1.54) is 16.7 Å². The summed E-state index contributed by atoms with van der Waals surface area (Å²) in [6.45, 7) is 2.10. The SMILES string of the molecule is CNC(=O)Cc1cc2nn(Cc3ncc(C)c(OC)c3Cl)nc3c-2c1CSN=C3N.Cl.Cl. The van der Waals surface area contributed by atoms with Gasteiger partial charge >= 0.3 is 0 Å². The van der Waals surface area contributed by atoms with Crippen LogP contribution < -0.4 is 15.8 Å². The molecule has 0 unspecified atom stereocenters. The first-order valence-corrected chi connectivity index (χ1v) is 10.5. The van der Waals surface area contributed by atoms with E-state index in [1.807, 2.05) is 13.0 Å². The zero-order chi connectivity index (χ0) is 21.4. The first-order chi connectivity index (χ1) is 14.4. The number of rotatable bonds is 5. The summed E-state index contributed by atoms with van der Waals surface area (Å²) in [6.07, 6.45) is 1.95. The lowest BCUT2D eigenvalue weighted by Crippen LogP contribution is -2.22. The molecule has 4 rings (SSSR count). The van der Waals surface area contributed by atoms with Crippen LogP contribution in [0.25, 0.3) is 11.3 Å². The number of aryl methyl sites for hydroxylation is 1. The number of likely N-dealkylation sites (N-methyl/N-ethyl adjacent to an activating group) is 1. The number of halogens is 3. The van der Waals surface area contributed by atoms with E-state index in [0.717, 1.165) is 22.3 Å². The van der Waals surface area contributed by atoms with Gasteiger partial charge in [-0.3, -0.25) is 9.78 Å². The molecular weight excluding hydrogens is 497 g/mol. The van der Waals surface area contributed by atoms with Gasteiger partial charge in [-0.05, 0) is 36.1 Å². The van der Waals surface area contributed by atoms with E-state index in [-0.39, 0.29) is 43.7 Å². The minimum atomic E-state index is -0.0742. The van der Waals surface area contributed by atoms with E-state index in [9.17, 15) is 4.79 Å². The van der Waals surface area contributed by atoms with Crippen molar-refractivity contribution in [3.05, 3.63) is 45.4 Å². The fraction of sp³-hybridized carbons (Fsp3) is 0.316. The molecule has 32 heavy (non-hydrogen) atoms. The number of hydrogen-bond acceptors (Lipinski definition) is 8. The molecule has 0 saturated carbocycles. The maximum absolute atomic E-state index is 12.0. The second kappa shape index (κ2) is 10.6. The van der Waals surface area contributed by atoms with Crippen LogP contribution in [-0.2, 0) is 23.5 Å². The number of nitrogens with one attached hydrogen (secondary N) is 1. The average molecular weight is 519 g/mol. The van der Waals surface area contributed by atoms with E-state index >= 15 is 0 Å². The molecule has 0 bridgehead atoms. The van der Waals surface area contributed by atoms with Crippen LogP contribution in [0.5, 0.6) is 5.75 Å². The van der Waals surface area contributed by atoms with Crippen LogP contribution in [0, 0.1) is 6.92 Å². The van der Waals surface area contributed by atoms with Crippen molar-refractivity contribution < 1.29 is 9.53 Å². The summed E-state index contributed by atoms with van der Waals surface area (Å²) in [5.41, 5.74) is 11.5. The monoisotopic (exact) mass is 517 g/mol. The van der Waals surface area contributed by atoms with Gasteiger partial charge in [0.2, 0.25) is 5.91 Å². The van der Waals surface area contributed by atoms with Crippen molar-refractivity contribution in [2.24, 2.45) is 10.1 Å². The second-order valence-corrected chi connectivity index (χ2v) is 7.93. The smallest absolute Gasteiger partial charge is 0.224 e. The Morgan fingerprint density at radius 1 is 1.38 bits per heavy atom. The number of nitrogens with two attached hydrogens (primary N) is 1. The molecule has 0 atom stereocenters. The van der Waals surface area contributed by atoms with E-state index in [4.69, 9.17) is 22.1 Å². The summed E-state index contributed by atoms with van der Waals surface area (Å²) in [7, 11) is 3.18. The van der Waals surface area contributed by atoms with Gasteiger partial charge in [-0.1, -0.05) is 11.6 Å². The third-order valence-electron chi connectivity index (χ3n) is 4.90. The van der Waals surface area contributed by atoms with Crippen LogP contribution in [0.1, 0.15) is 28.1 Å². The van der Waals surface area contributed by atoms with Crippen molar-refractivity contribution in [3.8, 4) is 17.0 Å². The molecule has 3 heterocycles. The van der Waals surface area contributed by atoms with Crippen LogP contribution in [0.15, 0.2) is 16.7 Å². The van der Waals surface area contributed by atoms with Gasteiger partial charge in [0.15, 0.2) is 5.84 Å². The van der Waals surface area contributed by atoms with Gasteiger partial charge in [-0.25, -0.2) is 0 Å².